The van der Waals surface area contributed by atoms with Crippen LogP contribution in [0.3, 0.4) is 0 Å². The van der Waals surface area contributed by atoms with Gasteiger partial charge in [0.1, 0.15) is 17.3 Å². The molecule has 0 aliphatic carbocycles. The van der Waals surface area contributed by atoms with E-state index in [4.69, 9.17) is 32.7 Å². The number of nitrogens with zero attached hydrogens (tertiary/aromatic N) is 2. The van der Waals surface area contributed by atoms with Crippen LogP contribution in [0.5, 0.6) is 11.5 Å². The number of ether oxygens (including phenoxy) is 2. The average Bonchev–Trinajstić information content (AvgIpc) is 3.19. The van der Waals surface area contributed by atoms with Crippen molar-refractivity contribution in [3.63, 3.8) is 0 Å². The van der Waals surface area contributed by atoms with Gasteiger partial charge in [-0.25, -0.2) is 0 Å². The summed E-state index contributed by atoms with van der Waals surface area (Å²) in [5.74, 6) is -1.40. The molecule has 0 bridgehead atoms. The van der Waals surface area contributed by atoms with Crippen molar-refractivity contribution in [2.75, 3.05) is 37.1 Å². The molecule has 1 amide bonds. The van der Waals surface area contributed by atoms with Gasteiger partial charge in [0.25, 0.3) is 11.7 Å². The zero-order chi connectivity index (χ0) is 27.6. The molecule has 1 N–H and O–H groups in total. The summed E-state index contributed by atoms with van der Waals surface area (Å²) < 4.78 is 10.8. The molecule has 4 rings (SSSR count). The van der Waals surface area contributed by atoms with Crippen LogP contribution in [-0.2, 0) is 9.59 Å². The van der Waals surface area contributed by atoms with E-state index in [-0.39, 0.29) is 26.9 Å². The van der Waals surface area contributed by atoms with Crippen LogP contribution in [0.1, 0.15) is 31.0 Å². The summed E-state index contributed by atoms with van der Waals surface area (Å²) >= 11 is 12.5. The van der Waals surface area contributed by atoms with Crippen LogP contribution in [0.15, 0.2) is 66.2 Å². The van der Waals surface area contributed by atoms with Gasteiger partial charge in [0, 0.05) is 29.5 Å². The zero-order valence-electron chi connectivity index (χ0n) is 21.5. The van der Waals surface area contributed by atoms with E-state index in [9.17, 15) is 14.7 Å². The quantitative estimate of drug-likeness (QED) is 0.195. The summed E-state index contributed by atoms with van der Waals surface area (Å²) in [5.41, 5.74) is 2.06. The number of halogens is 2. The predicted octanol–water partition coefficient (Wildman–Crippen LogP) is 6.48. The molecular formula is C29H28Cl2N2O5. The second-order valence-corrected chi connectivity index (χ2v) is 9.45. The molecule has 1 fully saturated rings. The molecule has 7 nitrogen and oxygen atoms in total. The maximum absolute atomic E-state index is 13.5. The lowest BCUT2D eigenvalue weighted by Crippen LogP contribution is -2.29. The highest BCUT2D eigenvalue weighted by molar-refractivity contribution is 6.52. The van der Waals surface area contributed by atoms with Gasteiger partial charge >= 0.3 is 0 Å². The minimum atomic E-state index is -0.952. The normalized spacial score (nSPS) is 16.6. The average molecular weight is 555 g/mol. The number of aliphatic hydroxyl groups is 1. The fraction of sp³-hybridized carbons (Fsp3) is 0.241. The molecule has 198 valence electrons. The molecule has 1 aliphatic rings. The van der Waals surface area contributed by atoms with Crippen molar-refractivity contribution in [3.8, 4) is 11.5 Å². The van der Waals surface area contributed by atoms with Gasteiger partial charge in [-0.05, 0) is 67.9 Å². The number of methoxy groups -OCH3 is 2. The monoisotopic (exact) mass is 554 g/mol. The number of hydrogen-bond donors (Lipinski definition) is 1. The fourth-order valence-electron chi connectivity index (χ4n) is 4.73. The van der Waals surface area contributed by atoms with E-state index in [1.54, 1.807) is 36.4 Å². The van der Waals surface area contributed by atoms with E-state index in [1.165, 1.54) is 31.3 Å². The highest BCUT2D eigenvalue weighted by atomic mass is 35.5. The van der Waals surface area contributed by atoms with Crippen molar-refractivity contribution in [3.05, 3.63) is 87.4 Å². The Morgan fingerprint density at radius 2 is 1.66 bits per heavy atom. The molecule has 1 aliphatic heterocycles. The number of amides is 1. The van der Waals surface area contributed by atoms with E-state index in [2.05, 4.69) is 18.7 Å². The summed E-state index contributed by atoms with van der Waals surface area (Å²) in [6.45, 7) is 5.78. The maximum Gasteiger partial charge on any atom is 0.300 e. The first kappa shape index (κ1) is 27.4. The lowest BCUT2D eigenvalue weighted by Gasteiger charge is -2.27. The van der Waals surface area contributed by atoms with Gasteiger partial charge in [0.15, 0.2) is 0 Å². The fourth-order valence-corrected chi connectivity index (χ4v) is 5.30. The standard InChI is InChI=1S/C29H28Cl2N2O5/c1-5-32(6-2)19-10-12-20(13-11-19)33-25(17-8-7-9-21(14-17)37-3)24(27(35)29(33)36)26(34)22-15-18(30)16-23(31)28(22)38-4/h7-16,25,34H,5-6H2,1-4H3/b26-24+. The molecule has 38 heavy (non-hydrogen) atoms. The Kier molecular flexibility index (Phi) is 8.19. The molecule has 0 radical (unpaired) electrons. The van der Waals surface area contributed by atoms with Gasteiger partial charge in [-0.15, -0.1) is 0 Å². The van der Waals surface area contributed by atoms with Gasteiger partial charge in [0.05, 0.1) is 36.4 Å². The van der Waals surface area contributed by atoms with E-state index in [0.717, 1.165) is 18.8 Å². The predicted molar refractivity (Wildman–Crippen MR) is 151 cm³/mol. The Bertz CT molecular complexity index is 1400. The van der Waals surface area contributed by atoms with Crippen LogP contribution in [0.25, 0.3) is 5.76 Å². The number of anilines is 2. The number of rotatable bonds is 8. The zero-order valence-corrected chi connectivity index (χ0v) is 23.0. The number of Topliss-reactive ketones (excluding diaryl/α,β-unsaturated/α-hetero) is 1. The molecule has 0 aromatic heterocycles. The van der Waals surface area contributed by atoms with Crippen LogP contribution >= 0.6 is 23.2 Å². The van der Waals surface area contributed by atoms with Crippen LogP contribution < -0.4 is 19.3 Å². The van der Waals surface area contributed by atoms with Crippen LogP contribution in [0, 0.1) is 0 Å². The van der Waals surface area contributed by atoms with E-state index in [1.807, 2.05) is 12.1 Å². The molecule has 0 saturated carbocycles. The SMILES string of the molecule is CCN(CC)c1ccc(N2C(=O)C(=O)/C(=C(/O)c3cc(Cl)cc(Cl)c3OC)C2c2cccc(OC)c2)cc1. The Balaban J connectivity index is 1.95. The van der Waals surface area contributed by atoms with Crippen molar-refractivity contribution >= 4 is 52.0 Å². The molecule has 3 aromatic carbocycles. The van der Waals surface area contributed by atoms with E-state index in [0.29, 0.717) is 17.0 Å². The molecule has 1 atom stereocenters. The molecule has 1 saturated heterocycles. The van der Waals surface area contributed by atoms with Gasteiger partial charge in [-0.2, -0.15) is 0 Å². The number of benzene rings is 3. The Labute approximate surface area is 231 Å². The number of carbonyl (C=O) groups excluding carboxylic acids is 2. The summed E-state index contributed by atoms with van der Waals surface area (Å²) in [6, 6.07) is 16.4. The number of hydrogen-bond acceptors (Lipinski definition) is 6. The highest BCUT2D eigenvalue weighted by Gasteiger charge is 2.47. The van der Waals surface area contributed by atoms with Crippen molar-refractivity contribution in [2.45, 2.75) is 19.9 Å². The summed E-state index contributed by atoms with van der Waals surface area (Å²) in [4.78, 5) is 30.6. The third-order valence-corrected chi connectivity index (χ3v) is 7.08. The van der Waals surface area contributed by atoms with Crippen molar-refractivity contribution in [1.29, 1.82) is 0 Å². The van der Waals surface area contributed by atoms with Crippen molar-refractivity contribution in [2.24, 2.45) is 0 Å². The summed E-state index contributed by atoms with van der Waals surface area (Å²) in [7, 11) is 2.92. The summed E-state index contributed by atoms with van der Waals surface area (Å²) in [5, 5.41) is 11.9. The van der Waals surface area contributed by atoms with E-state index < -0.39 is 23.5 Å². The van der Waals surface area contributed by atoms with E-state index >= 15 is 0 Å². The number of aliphatic hydroxyl groups excluding tert-OH is 1. The van der Waals surface area contributed by atoms with Gasteiger partial charge in [-0.1, -0.05) is 35.3 Å². The molecular weight excluding hydrogens is 527 g/mol. The van der Waals surface area contributed by atoms with Crippen molar-refractivity contribution < 1.29 is 24.2 Å². The van der Waals surface area contributed by atoms with Crippen LogP contribution in [0.4, 0.5) is 11.4 Å². The Morgan fingerprint density at radius 1 is 0.974 bits per heavy atom. The topological polar surface area (TPSA) is 79.3 Å². The van der Waals surface area contributed by atoms with Gasteiger partial charge < -0.3 is 19.5 Å². The van der Waals surface area contributed by atoms with Gasteiger partial charge in [0.2, 0.25) is 0 Å². The Hall–Kier alpha value is -3.68. The molecule has 1 unspecified atom stereocenters. The summed E-state index contributed by atoms with van der Waals surface area (Å²) in [6.07, 6.45) is 0. The molecule has 1 heterocycles. The lowest BCUT2D eigenvalue weighted by molar-refractivity contribution is -0.132. The largest absolute Gasteiger partial charge is 0.507 e. The highest BCUT2D eigenvalue weighted by Crippen LogP contribution is 2.45. The second-order valence-electron chi connectivity index (χ2n) is 8.60. The van der Waals surface area contributed by atoms with Crippen molar-refractivity contribution in [1.82, 2.24) is 0 Å². The third kappa shape index (κ3) is 4.91. The van der Waals surface area contributed by atoms with Gasteiger partial charge in [-0.3, -0.25) is 14.5 Å². The minimum absolute atomic E-state index is 0.104. The minimum Gasteiger partial charge on any atom is -0.507 e. The first-order valence-corrected chi connectivity index (χ1v) is 12.8. The number of ketones is 1. The second kappa shape index (κ2) is 11.4. The maximum atomic E-state index is 13.5. The Morgan fingerprint density at radius 3 is 2.26 bits per heavy atom. The number of carbonyl (C=O) groups is 2. The first-order chi connectivity index (χ1) is 18.2. The molecule has 0 spiro atoms. The first-order valence-electron chi connectivity index (χ1n) is 12.1. The van der Waals surface area contributed by atoms with Crippen LogP contribution in [0.2, 0.25) is 10.0 Å². The molecule has 3 aromatic rings. The van der Waals surface area contributed by atoms with Crippen LogP contribution in [-0.4, -0.2) is 44.1 Å². The smallest absolute Gasteiger partial charge is 0.300 e. The molecule has 9 heteroatoms. The lowest BCUT2D eigenvalue weighted by atomic mass is 9.94. The third-order valence-electron chi connectivity index (χ3n) is 6.58.